The summed E-state index contributed by atoms with van der Waals surface area (Å²) < 4.78 is 0. The number of Topliss-reactive ketones (excluding diaryl/α,β-unsaturated/α-hetero) is 1. The van der Waals surface area contributed by atoms with Gasteiger partial charge in [-0.3, -0.25) is 24.5 Å². The topological polar surface area (TPSA) is 157 Å². The summed E-state index contributed by atoms with van der Waals surface area (Å²) in [6.07, 6.45) is 1.42. The molecule has 6 N–H and O–H groups in total. The van der Waals surface area contributed by atoms with Crippen LogP contribution in [0, 0.1) is 17.8 Å². The highest BCUT2D eigenvalue weighted by atomic mass is 16.3. The molecule has 4 aromatic rings. The maximum Gasteiger partial charge on any atom is 0.249 e. The summed E-state index contributed by atoms with van der Waals surface area (Å²) in [6.45, 7) is 0.748. The van der Waals surface area contributed by atoms with Gasteiger partial charge in [0.2, 0.25) is 17.7 Å². The molecule has 1 fully saturated rings. The average Bonchev–Trinajstić information content (AvgIpc) is 3.06. The van der Waals surface area contributed by atoms with Crippen LogP contribution in [0.25, 0.3) is 21.5 Å². The Kier molecular flexibility index (Phi) is 10.7. The number of ketones is 1. The van der Waals surface area contributed by atoms with E-state index in [1.807, 2.05) is 79.7 Å². The van der Waals surface area contributed by atoms with E-state index < -0.39 is 54.9 Å². The molecule has 10 nitrogen and oxygen atoms in total. The van der Waals surface area contributed by atoms with Gasteiger partial charge in [-0.15, -0.1) is 0 Å². The fourth-order valence-corrected chi connectivity index (χ4v) is 6.17. The fraction of sp³-hybridized carbons (Fsp3) is 0.333. The molecule has 5 rings (SSSR count). The summed E-state index contributed by atoms with van der Waals surface area (Å²) in [5.74, 6) is -2.44. The third-order valence-corrected chi connectivity index (χ3v) is 8.64. The van der Waals surface area contributed by atoms with Crippen molar-refractivity contribution in [1.29, 1.82) is 0 Å². The van der Waals surface area contributed by atoms with Crippen LogP contribution in [-0.2, 0) is 19.2 Å². The fourth-order valence-electron chi connectivity index (χ4n) is 6.17. The first-order chi connectivity index (χ1) is 22.2. The first kappa shape index (κ1) is 32.7. The highest BCUT2D eigenvalue weighted by Gasteiger charge is 2.36. The molecule has 1 aliphatic rings. The first-order valence-corrected chi connectivity index (χ1v) is 15.6. The molecule has 0 bridgehead atoms. The molecular formula is C36H40N4O6. The molecule has 240 valence electrons. The molecule has 4 unspecified atom stereocenters. The summed E-state index contributed by atoms with van der Waals surface area (Å²) in [4.78, 5) is 52.3. The molecule has 0 saturated heterocycles. The molecule has 1 saturated carbocycles. The van der Waals surface area contributed by atoms with Gasteiger partial charge < -0.3 is 26.2 Å². The van der Waals surface area contributed by atoms with Crippen molar-refractivity contribution >= 4 is 56.4 Å². The van der Waals surface area contributed by atoms with Crippen molar-refractivity contribution in [3.63, 3.8) is 0 Å². The Balaban J connectivity index is 1.13. The van der Waals surface area contributed by atoms with E-state index in [2.05, 4.69) is 21.3 Å². The van der Waals surface area contributed by atoms with E-state index in [4.69, 9.17) is 0 Å². The Morgan fingerprint density at radius 2 is 1.17 bits per heavy atom. The number of aliphatic hydroxyl groups excluding tert-OH is 2. The zero-order valence-electron chi connectivity index (χ0n) is 25.7. The monoisotopic (exact) mass is 624 g/mol. The smallest absolute Gasteiger partial charge is 0.249 e. The van der Waals surface area contributed by atoms with Gasteiger partial charge in [0.1, 0.15) is 17.9 Å². The highest BCUT2D eigenvalue weighted by Crippen LogP contribution is 2.34. The molecule has 4 aromatic carbocycles. The van der Waals surface area contributed by atoms with Crippen LogP contribution in [0.15, 0.2) is 84.9 Å². The van der Waals surface area contributed by atoms with E-state index in [0.717, 1.165) is 21.5 Å². The number of carbonyl (C=O) groups is 4. The van der Waals surface area contributed by atoms with Crippen LogP contribution in [0.4, 0.5) is 11.4 Å². The average molecular weight is 625 g/mol. The molecule has 46 heavy (non-hydrogen) atoms. The Labute approximate surface area is 267 Å². The lowest BCUT2D eigenvalue weighted by atomic mass is 9.74. The second-order valence-corrected chi connectivity index (χ2v) is 12.1. The summed E-state index contributed by atoms with van der Waals surface area (Å²) >= 11 is 0. The van der Waals surface area contributed by atoms with Gasteiger partial charge in [0.05, 0.1) is 19.8 Å². The van der Waals surface area contributed by atoms with Gasteiger partial charge in [0, 0.05) is 23.2 Å². The maximum atomic E-state index is 13.3. The van der Waals surface area contributed by atoms with E-state index in [1.54, 1.807) is 12.1 Å². The first-order valence-electron chi connectivity index (χ1n) is 15.6. The number of rotatable bonds is 12. The molecular weight excluding hydrogens is 584 g/mol. The van der Waals surface area contributed by atoms with Crippen molar-refractivity contribution in [2.75, 3.05) is 30.4 Å². The number of amides is 3. The van der Waals surface area contributed by atoms with Gasteiger partial charge >= 0.3 is 0 Å². The highest BCUT2D eigenvalue weighted by molar-refractivity contribution is 6.00. The Hall–Kier alpha value is -4.64. The number of hydrogen-bond donors (Lipinski definition) is 6. The normalized spacial score (nSPS) is 19.2. The molecule has 0 radical (unpaired) electrons. The minimum absolute atomic E-state index is 0.0716. The molecule has 10 heteroatoms. The second kappa shape index (κ2) is 15.1. The maximum absolute atomic E-state index is 13.3. The van der Waals surface area contributed by atoms with Crippen molar-refractivity contribution < 1.29 is 29.4 Å². The van der Waals surface area contributed by atoms with E-state index >= 15 is 0 Å². The zero-order chi connectivity index (χ0) is 32.6. The van der Waals surface area contributed by atoms with Gasteiger partial charge in [-0.1, -0.05) is 67.6 Å². The molecule has 1 aliphatic carbocycles. The number of aliphatic hydroxyl groups is 2. The number of anilines is 2. The third kappa shape index (κ3) is 8.14. The van der Waals surface area contributed by atoms with Gasteiger partial charge in [0.25, 0.3) is 0 Å². The number of nitrogens with one attached hydrogen (secondary N) is 4. The minimum atomic E-state index is -1.15. The minimum Gasteiger partial charge on any atom is -0.394 e. The summed E-state index contributed by atoms with van der Waals surface area (Å²) in [5.41, 5.74) is 1.13. The van der Waals surface area contributed by atoms with Crippen molar-refractivity contribution in [3.05, 3.63) is 84.9 Å². The molecule has 0 spiro atoms. The largest absolute Gasteiger partial charge is 0.394 e. The summed E-state index contributed by atoms with van der Waals surface area (Å²) in [6, 6.07) is 24.3. The van der Waals surface area contributed by atoms with Crippen LogP contribution < -0.4 is 21.3 Å². The molecule has 3 amide bonds. The predicted molar refractivity (Wildman–Crippen MR) is 178 cm³/mol. The molecule has 0 aromatic heterocycles. The van der Waals surface area contributed by atoms with E-state index in [9.17, 15) is 29.4 Å². The Morgan fingerprint density at radius 1 is 0.674 bits per heavy atom. The van der Waals surface area contributed by atoms with Crippen LogP contribution in [-0.4, -0.2) is 65.6 Å². The van der Waals surface area contributed by atoms with Crippen LogP contribution in [0.5, 0.6) is 0 Å². The van der Waals surface area contributed by atoms with Crippen molar-refractivity contribution in [3.8, 4) is 0 Å². The van der Waals surface area contributed by atoms with Crippen LogP contribution in [0.2, 0.25) is 0 Å². The van der Waals surface area contributed by atoms with Crippen molar-refractivity contribution in [2.24, 2.45) is 17.8 Å². The predicted octanol–water partition coefficient (Wildman–Crippen LogP) is 3.62. The lowest BCUT2D eigenvalue weighted by Crippen LogP contribution is -2.50. The second-order valence-electron chi connectivity index (χ2n) is 12.1. The number of hydrogen-bond acceptors (Lipinski definition) is 7. The van der Waals surface area contributed by atoms with Gasteiger partial charge in [-0.2, -0.15) is 0 Å². The molecule has 0 heterocycles. The summed E-state index contributed by atoms with van der Waals surface area (Å²) in [7, 11) is 0. The Bertz CT molecular complexity index is 1730. The van der Waals surface area contributed by atoms with Gasteiger partial charge in [-0.05, 0) is 71.0 Å². The standard InChI is InChI=1S/C36H40N4O6/c1-22-14-27(33(43)19-37-31(20-41)35(45)38-29-12-10-23-6-2-4-8-25(23)17-29)16-28(15-22)34(44)40-32(21-42)36(46)39-30-13-11-24-7-3-5-9-26(24)18-30/h2-13,17-18,22,27-28,31-32,37,41-42H,14-16,19-21H2,1H3,(H,38,45)(H,39,46)(H,40,44)/t22?,27?,28?,31?,32-/m0/s1. The number of carbonyl (C=O) groups excluding carboxylic acids is 4. The number of benzene rings is 4. The van der Waals surface area contributed by atoms with Gasteiger partial charge in [0.15, 0.2) is 0 Å². The quantitative estimate of drug-likeness (QED) is 0.141. The zero-order valence-corrected chi connectivity index (χ0v) is 25.7. The molecule has 5 atom stereocenters. The lowest BCUT2D eigenvalue weighted by molar-refractivity contribution is -0.133. The Morgan fingerprint density at radius 3 is 1.72 bits per heavy atom. The van der Waals surface area contributed by atoms with E-state index in [1.165, 1.54) is 0 Å². The number of fused-ring (bicyclic) bond motifs is 2. The SMILES string of the molecule is CC1CC(C(=O)CNC(CO)C(=O)Nc2ccc3ccccc3c2)CC(C(=O)N[C@@H](CO)C(=O)Nc2ccc3ccccc3c2)C1. The van der Waals surface area contributed by atoms with Crippen molar-refractivity contribution in [2.45, 2.75) is 38.3 Å². The third-order valence-electron chi connectivity index (χ3n) is 8.64. The lowest BCUT2D eigenvalue weighted by Gasteiger charge is -2.32. The van der Waals surface area contributed by atoms with E-state index in [-0.39, 0.29) is 24.7 Å². The van der Waals surface area contributed by atoms with Crippen LogP contribution in [0.1, 0.15) is 26.2 Å². The summed E-state index contributed by atoms with van der Waals surface area (Å²) in [5, 5.41) is 34.9. The van der Waals surface area contributed by atoms with Crippen molar-refractivity contribution in [1.82, 2.24) is 10.6 Å². The van der Waals surface area contributed by atoms with Crippen LogP contribution in [0.3, 0.4) is 0 Å². The van der Waals surface area contributed by atoms with Crippen LogP contribution >= 0.6 is 0 Å². The van der Waals surface area contributed by atoms with Gasteiger partial charge in [-0.25, -0.2) is 0 Å². The molecule has 0 aliphatic heterocycles. The van der Waals surface area contributed by atoms with E-state index in [0.29, 0.717) is 24.2 Å².